The normalized spacial score (nSPS) is 16.7. The lowest BCUT2D eigenvalue weighted by atomic mass is 10.2. The average molecular weight is 472 g/mol. The van der Waals surface area contributed by atoms with Crippen molar-refractivity contribution in [3.8, 4) is 11.4 Å². The van der Waals surface area contributed by atoms with Gasteiger partial charge in [0.15, 0.2) is 0 Å². The molecule has 0 spiro atoms. The topological polar surface area (TPSA) is 90.2 Å². The molecule has 166 valence electrons. The molecule has 0 unspecified atom stereocenters. The zero-order chi connectivity index (χ0) is 22.7. The van der Waals surface area contributed by atoms with E-state index in [2.05, 4.69) is 15.5 Å². The summed E-state index contributed by atoms with van der Waals surface area (Å²) in [6, 6.07) is 12.3. The number of halogens is 1. The third-order valence-corrected chi connectivity index (χ3v) is 6.67. The Labute approximate surface area is 194 Å². The highest BCUT2D eigenvalue weighted by molar-refractivity contribution is 8.00. The van der Waals surface area contributed by atoms with E-state index in [1.165, 1.54) is 16.7 Å². The van der Waals surface area contributed by atoms with Gasteiger partial charge in [-0.15, -0.1) is 5.10 Å². The molecule has 2 heterocycles. The quantitative estimate of drug-likeness (QED) is 0.520. The summed E-state index contributed by atoms with van der Waals surface area (Å²) >= 11 is 7.20. The van der Waals surface area contributed by atoms with Crippen LogP contribution >= 0.6 is 23.4 Å². The van der Waals surface area contributed by atoms with Crippen molar-refractivity contribution in [1.29, 1.82) is 0 Å². The highest BCUT2D eigenvalue weighted by atomic mass is 35.5. The number of aryl methyl sites for hydroxylation is 1. The van der Waals surface area contributed by atoms with Gasteiger partial charge >= 0.3 is 0 Å². The van der Waals surface area contributed by atoms with Crippen molar-refractivity contribution < 1.29 is 14.3 Å². The maximum absolute atomic E-state index is 13.3. The third kappa shape index (κ3) is 4.63. The lowest BCUT2D eigenvalue weighted by molar-refractivity contribution is -0.127. The number of benzene rings is 2. The van der Waals surface area contributed by atoms with Gasteiger partial charge in [-0.2, -0.15) is 4.68 Å². The molecule has 1 aliphatic heterocycles. The molecule has 1 aliphatic rings. The second-order valence-corrected chi connectivity index (χ2v) is 9.06. The predicted molar refractivity (Wildman–Crippen MR) is 121 cm³/mol. The van der Waals surface area contributed by atoms with E-state index in [0.29, 0.717) is 40.1 Å². The molecule has 0 bridgehead atoms. The van der Waals surface area contributed by atoms with E-state index in [0.717, 1.165) is 18.4 Å². The first kappa shape index (κ1) is 22.3. The number of rotatable bonds is 5. The van der Waals surface area contributed by atoms with Gasteiger partial charge in [0.25, 0.3) is 5.91 Å². The number of carbonyl (C=O) groups excluding carboxylic acids is 2. The third-order valence-electron chi connectivity index (χ3n) is 5.23. The molecule has 3 aromatic rings. The number of nitrogens with zero attached hydrogens (tertiary/aromatic N) is 5. The first-order valence-corrected chi connectivity index (χ1v) is 11.4. The molecule has 1 fully saturated rings. The van der Waals surface area contributed by atoms with Gasteiger partial charge in [0.05, 0.1) is 12.4 Å². The zero-order valence-electron chi connectivity index (χ0n) is 17.7. The maximum Gasteiger partial charge on any atom is 0.260 e. The predicted octanol–water partition coefficient (Wildman–Crippen LogP) is 3.95. The second kappa shape index (κ2) is 9.70. The monoisotopic (exact) mass is 471 g/mol. The Bertz CT molecular complexity index is 1130. The highest BCUT2D eigenvalue weighted by Gasteiger charge is 2.33. The molecule has 1 atom stereocenters. The molecule has 2 amide bonds. The minimum absolute atomic E-state index is 0.238. The van der Waals surface area contributed by atoms with Gasteiger partial charge in [-0.25, -0.2) is 0 Å². The number of likely N-dealkylation sites (tertiary alicyclic amines) is 1. The van der Waals surface area contributed by atoms with Crippen LogP contribution in [0.1, 0.15) is 35.2 Å². The molecular weight excluding hydrogens is 450 g/mol. The summed E-state index contributed by atoms with van der Waals surface area (Å²) in [5.74, 6) is 0.0637. The van der Waals surface area contributed by atoms with Crippen LogP contribution in [0.15, 0.2) is 47.6 Å². The van der Waals surface area contributed by atoms with Crippen LogP contribution < -0.4 is 4.74 Å². The van der Waals surface area contributed by atoms with Crippen LogP contribution in [0.2, 0.25) is 5.02 Å². The van der Waals surface area contributed by atoms with Crippen LogP contribution in [0.3, 0.4) is 0 Å². The molecule has 0 aliphatic carbocycles. The van der Waals surface area contributed by atoms with Crippen LogP contribution in [0.25, 0.3) is 5.69 Å². The summed E-state index contributed by atoms with van der Waals surface area (Å²) in [7, 11) is 1.58. The standard InChI is InChI=1S/C22H22ClN5O3S/c1-14-6-11-18(31-2)17(13-14)28-22(24-25-26-28)32-19-5-3-4-12-27(21(19)30)20(29)15-7-9-16(23)10-8-15/h6-11,13,19H,3-5,12H2,1-2H3/t19-/m1/s1. The fourth-order valence-corrected chi connectivity index (χ4v) is 4.77. The van der Waals surface area contributed by atoms with Crippen LogP contribution in [-0.4, -0.2) is 55.8 Å². The molecule has 0 N–H and O–H groups in total. The van der Waals surface area contributed by atoms with E-state index in [1.807, 2.05) is 25.1 Å². The minimum Gasteiger partial charge on any atom is -0.494 e. The van der Waals surface area contributed by atoms with Crippen LogP contribution in [0.5, 0.6) is 5.75 Å². The molecule has 8 nitrogen and oxygen atoms in total. The molecule has 10 heteroatoms. The van der Waals surface area contributed by atoms with Crippen molar-refractivity contribution in [2.45, 2.75) is 36.6 Å². The fraction of sp³-hybridized carbons (Fsp3) is 0.318. The van der Waals surface area contributed by atoms with Crippen molar-refractivity contribution in [3.63, 3.8) is 0 Å². The number of imide groups is 1. The van der Waals surface area contributed by atoms with Crippen molar-refractivity contribution in [2.24, 2.45) is 0 Å². The van der Waals surface area contributed by atoms with E-state index < -0.39 is 5.25 Å². The van der Waals surface area contributed by atoms with E-state index >= 15 is 0 Å². The Morgan fingerprint density at radius 2 is 1.97 bits per heavy atom. The second-order valence-electron chi connectivity index (χ2n) is 7.45. The fourth-order valence-electron chi connectivity index (χ4n) is 3.56. The maximum atomic E-state index is 13.3. The molecule has 0 saturated carbocycles. The Morgan fingerprint density at radius 3 is 2.72 bits per heavy atom. The van der Waals surface area contributed by atoms with Crippen molar-refractivity contribution in [2.75, 3.05) is 13.7 Å². The Morgan fingerprint density at radius 1 is 1.19 bits per heavy atom. The molecule has 32 heavy (non-hydrogen) atoms. The molecular formula is C22H22ClN5O3S. The summed E-state index contributed by atoms with van der Waals surface area (Å²) in [6.07, 6.45) is 2.20. The molecule has 2 aromatic carbocycles. The van der Waals surface area contributed by atoms with E-state index in [4.69, 9.17) is 16.3 Å². The average Bonchev–Trinajstić information content (AvgIpc) is 3.18. The number of amides is 2. The summed E-state index contributed by atoms with van der Waals surface area (Å²) in [6.45, 7) is 2.35. The molecule has 4 rings (SSSR count). The summed E-state index contributed by atoms with van der Waals surface area (Å²) in [5.41, 5.74) is 2.15. The number of ether oxygens (including phenoxy) is 1. The summed E-state index contributed by atoms with van der Waals surface area (Å²) in [5, 5.41) is 12.6. The molecule has 1 aromatic heterocycles. The van der Waals surface area contributed by atoms with Crippen LogP contribution in [-0.2, 0) is 4.79 Å². The van der Waals surface area contributed by atoms with E-state index in [-0.39, 0.29) is 11.8 Å². The number of thioether (sulfide) groups is 1. The zero-order valence-corrected chi connectivity index (χ0v) is 19.3. The Kier molecular flexibility index (Phi) is 6.76. The highest BCUT2D eigenvalue weighted by Crippen LogP contribution is 2.32. The van der Waals surface area contributed by atoms with Crippen LogP contribution in [0.4, 0.5) is 0 Å². The largest absolute Gasteiger partial charge is 0.494 e. The number of methoxy groups -OCH3 is 1. The van der Waals surface area contributed by atoms with Crippen molar-refractivity contribution in [3.05, 3.63) is 58.6 Å². The van der Waals surface area contributed by atoms with Crippen molar-refractivity contribution in [1.82, 2.24) is 25.1 Å². The Hall–Kier alpha value is -2.91. The van der Waals surface area contributed by atoms with Crippen molar-refractivity contribution >= 4 is 35.2 Å². The smallest absolute Gasteiger partial charge is 0.260 e. The minimum atomic E-state index is -0.477. The number of carbonyl (C=O) groups is 2. The van der Waals surface area contributed by atoms with Gasteiger partial charge in [0.2, 0.25) is 11.1 Å². The van der Waals surface area contributed by atoms with Gasteiger partial charge in [0.1, 0.15) is 11.4 Å². The summed E-state index contributed by atoms with van der Waals surface area (Å²) in [4.78, 5) is 27.7. The van der Waals surface area contributed by atoms with E-state index in [9.17, 15) is 9.59 Å². The van der Waals surface area contributed by atoms with Gasteiger partial charge in [0, 0.05) is 17.1 Å². The van der Waals surface area contributed by atoms with Gasteiger partial charge in [-0.1, -0.05) is 35.9 Å². The summed E-state index contributed by atoms with van der Waals surface area (Å²) < 4.78 is 7.03. The van der Waals surface area contributed by atoms with Crippen LogP contribution in [0, 0.1) is 6.92 Å². The number of hydrogen-bond donors (Lipinski definition) is 0. The molecule has 1 saturated heterocycles. The number of aromatic nitrogens is 4. The lowest BCUT2D eigenvalue weighted by Gasteiger charge is -2.22. The SMILES string of the molecule is COc1ccc(C)cc1-n1nnnc1S[C@@H]1CCCCN(C(=O)c2ccc(Cl)cc2)C1=O. The Balaban J connectivity index is 1.59. The van der Waals surface area contributed by atoms with E-state index in [1.54, 1.807) is 36.1 Å². The first-order chi connectivity index (χ1) is 15.5. The van der Waals surface area contributed by atoms with Gasteiger partial charge in [-0.3, -0.25) is 14.5 Å². The number of hydrogen-bond acceptors (Lipinski definition) is 7. The first-order valence-electron chi connectivity index (χ1n) is 10.2. The number of tetrazole rings is 1. The molecule has 0 radical (unpaired) electrons. The lowest BCUT2D eigenvalue weighted by Crippen LogP contribution is -2.41. The van der Waals surface area contributed by atoms with Gasteiger partial charge < -0.3 is 4.74 Å². The van der Waals surface area contributed by atoms with Gasteiger partial charge in [-0.05, 0) is 72.2 Å².